The molecule has 0 aliphatic carbocycles. The summed E-state index contributed by atoms with van der Waals surface area (Å²) in [6.45, 7) is 1.47. The molecule has 1 aromatic carbocycles. The first-order chi connectivity index (χ1) is 9.97. The zero-order valence-electron chi connectivity index (χ0n) is 10.9. The topological polar surface area (TPSA) is 84.0 Å². The lowest BCUT2D eigenvalue weighted by Crippen LogP contribution is -2.20. The van der Waals surface area contributed by atoms with Gasteiger partial charge in [0.25, 0.3) is 0 Å². The van der Waals surface area contributed by atoms with Crippen molar-refractivity contribution in [3.8, 4) is 0 Å². The first-order valence-corrected chi connectivity index (χ1v) is 6.58. The van der Waals surface area contributed by atoms with Crippen molar-refractivity contribution in [2.75, 3.05) is 10.6 Å². The van der Waals surface area contributed by atoms with Crippen LogP contribution in [0.1, 0.15) is 17.3 Å². The third kappa shape index (κ3) is 3.90. The largest absolute Gasteiger partial charge is 0.323 e. The summed E-state index contributed by atoms with van der Waals surface area (Å²) in [6.07, 6.45) is 1.19. The second-order valence-corrected chi connectivity index (χ2v) is 4.76. The van der Waals surface area contributed by atoms with E-state index in [4.69, 9.17) is 23.2 Å². The number of nitrogens with one attached hydrogen (secondary N) is 2. The number of anilines is 2. The first-order valence-electron chi connectivity index (χ1n) is 5.82. The zero-order valence-corrected chi connectivity index (χ0v) is 12.4. The molecule has 2 N–H and O–H groups in total. The summed E-state index contributed by atoms with van der Waals surface area (Å²) in [5, 5.41) is 5.11. The van der Waals surface area contributed by atoms with E-state index in [2.05, 4.69) is 20.6 Å². The van der Waals surface area contributed by atoms with E-state index in [0.717, 1.165) is 0 Å². The van der Waals surface area contributed by atoms with Crippen LogP contribution in [0, 0.1) is 0 Å². The Balaban J connectivity index is 2.06. The number of benzene rings is 1. The molecule has 0 radical (unpaired) electrons. The molecule has 8 heteroatoms. The molecule has 1 heterocycles. The summed E-state index contributed by atoms with van der Waals surface area (Å²) in [6, 6.07) is 5.90. The number of hydrogen-bond acceptors (Lipinski definition) is 4. The molecule has 0 saturated carbocycles. The summed E-state index contributed by atoms with van der Waals surface area (Å²) in [5.41, 5.74) is 1.20. The Morgan fingerprint density at radius 2 is 1.57 bits per heavy atom. The van der Waals surface area contributed by atoms with Gasteiger partial charge in [-0.1, -0.05) is 23.2 Å². The Bertz CT molecular complexity index is 669. The van der Waals surface area contributed by atoms with Crippen molar-refractivity contribution in [1.29, 1.82) is 0 Å². The van der Waals surface area contributed by atoms with E-state index in [1.165, 1.54) is 13.3 Å². The number of aromatic nitrogens is 2. The Hall–Kier alpha value is -2.18. The highest BCUT2D eigenvalue weighted by atomic mass is 35.5. The van der Waals surface area contributed by atoms with Crippen LogP contribution in [0.25, 0.3) is 0 Å². The van der Waals surface area contributed by atoms with Crippen molar-refractivity contribution in [2.24, 2.45) is 0 Å². The number of urea groups is 1. The van der Waals surface area contributed by atoms with Crippen molar-refractivity contribution in [2.45, 2.75) is 6.92 Å². The normalized spacial score (nSPS) is 10.0. The number of ketones is 1. The monoisotopic (exact) mass is 324 g/mol. The molecule has 21 heavy (non-hydrogen) atoms. The molecule has 0 aliphatic rings. The highest BCUT2D eigenvalue weighted by molar-refractivity contribution is 6.38. The third-order valence-electron chi connectivity index (χ3n) is 2.54. The maximum atomic E-state index is 11.8. The molecule has 0 spiro atoms. The van der Waals surface area contributed by atoms with Gasteiger partial charge in [0.15, 0.2) is 16.1 Å². The Morgan fingerprint density at radius 1 is 1.00 bits per heavy atom. The van der Waals surface area contributed by atoms with E-state index in [0.29, 0.717) is 11.3 Å². The molecular weight excluding hydrogens is 315 g/mol. The molecule has 0 fully saturated rings. The molecule has 2 rings (SSSR count). The molecule has 2 aromatic rings. The van der Waals surface area contributed by atoms with Gasteiger partial charge in [-0.15, -0.1) is 0 Å². The number of carbonyl (C=O) groups is 2. The van der Waals surface area contributed by atoms with Crippen LogP contribution in [0.2, 0.25) is 10.3 Å². The van der Waals surface area contributed by atoms with Gasteiger partial charge in [-0.25, -0.2) is 14.8 Å². The SMILES string of the molecule is CC(=O)c1ccc(NC(=O)Nc2c(Cl)ncnc2Cl)cc1. The predicted molar refractivity (Wildman–Crippen MR) is 81.1 cm³/mol. The Kier molecular flexibility index (Phi) is 4.72. The summed E-state index contributed by atoms with van der Waals surface area (Å²) in [4.78, 5) is 30.4. The second kappa shape index (κ2) is 6.51. The molecule has 0 saturated heterocycles. The summed E-state index contributed by atoms with van der Waals surface area (Å²) < 4.78 is 0. The molecule has 0 bridgehead atoms. The van der Waals surface area contributed by atoms with Crippen LogP contribution in [0.3, 0.4) is 0 Å². The fraction of sp³-hybridized carbons (Fsp3) is 0.0769. The molecule has 0 aliphatic heterocycles. The van der Waals surface area contributed by atoms with E-state index in [-0.39, 0.29) is 21.8 Å². The number of hydrogen-bond donors (Lipinski definition) is 2. The summed E-state index contributed by atoms with van der Waals surface area (Å²) in [5.74, 6) is -0.0500. The highest BCUT2D eigenvalue weighted by Crippen LogP contribution is 2.25. The van der Waals surface area contributed by atoms with Crippen molar-refractivity contribution >= 4 is 46.4 Å². The second-order valence-electron chi connectivity index (χ2n) is 4.04. The lowest BCUT2D eigenvalue weighted by atomic mass is 10.1. The first kappa shape index (κ1) is 15.2. The minimum Gasteiger partial charge on any atom is -0.308 e. The van der Waals surface area contributed by atoms with Crippen LogP contribution >= 0.6 is 23.2 Å². The van der Waals surface area contributed by atoms with Crippen molar-refractivity contribution in [3.63, 3.8) is 0 Å². The molecule has 6 nitrogen and oxygen atoms in total. The lowest BCUT2D eigenvalue weighted by Gasteiger charge is -2.09. The number of carbonyl (C=O) groups excluding carboxylic acids is 2. The zero-order chi connectivity index (χ0) is 15.4. The van der Waals surface area contributed by atoms with Crippen LogP contribution in [-0.2, 0) is 0 Å². The van der Waals surface area contributed by atoms with Crippen molar-refractivity contribution in [1.82, 2.24) is 9.97 Å². The quantitative estimate of drug-likeness (QED) is 0.667. The van der Waals surface area contributed by atoms with Gasteiger partial charge in [0.2, 0.25) is 0 Å². The Labute approximate surface area is 130 Å². The van der Waals surface area contributed by atoms with Crippen LogP contribution in [0.15, 0.2) is 30.6 Å². The molecule has 0 unspecified atom stereocenters. The molecule has 2 amide bonds. The van der Waals surface area contributed by atoms with E-state index < -0.39 is 6.03 Å². The van der Waals surface area contributed by atoms with Crippen molar-refractivity contribution in [3.05, 3.63) is 46.5 Å². The van der Waals surface area contributed by atoms with E-state index in [9.17, 15) is 9.59 Å². The highest BCUT2D eigenvalue weighted by Gasteiger charge is 2.11. The lowest BCUT2D eigenvalue weighted by molar-refractivity contribution is 0.101. The Morgan fingerprint density at radius 3 is 2.10 bits per heavy atom. The average Bonchev–Trinajstić information content (AvgIpc) is 2.43. The van der Waals surface area contributed by atoms with E-state index >= 15 is 0 Å². The predicted octanol–water partition coefficient (Wildman–Crippen LogP) is 3.63. The number of rotatable bonds is 3. The average molecular weight is 325 g/mol. The summed E-state index contributed by atoms with van der Waals surface area (Å²) in [7, 11) is 0. The van der Waals surface area contributed by atoms with Gasteiger partial charge in [-0.05, 0) is 31.2 Å². The minimum absolute atomic E-state index is 0.0390. The van der Waals surface area contributed by atoms with Crippen LogP contribution in [0.4, 0.5) is 16.2 Å². The van der Waals surface area contributed by atoms with Crippen LogP contribution < -0.4 is 10.6 Å². The molecular formula is C13H10Cl2N4O2. The molecule has 1 aromatic heterocycles. The number of amides is 2. The van der Waals surface area contributed by atoms with Gasteiger partial charge >= 0.3 is 6.03 Å². The third-order valence-corrected chi connectivity index (χ3v) is 3.12. The van der Waals surface area contributed by atoms with Crippen LogP contribution in [0.5, 0.6) is 0 Å². The number of Topliss-reactive ketones (excluding diaryl/α,β-unsaturated/α-hetero) is 1. The smallest absolute Gasteiger partial charge is 0.308 e. The minimum atomic E-state index is -0.552. The van der Waals surface area contributed by atoms with E-state index in [1.54, 1.807) is 24.3 Å². The maximum absolute atomic E-state index is 11.8. The van der Waals surface area contributed by atoms with Crippen LogP contribution in [-0.4, -0.2) is 21.8 Å². The number of halogens is 2. The van der Waals surface area contributed by atoms with E-state index in [1.807, 2.05) is 0 Å². The number of nitrogens with zero attached hydrogens (tertiary/aromatic N) is 2. The summed E-state index contributed by atoms with van der Waals surface area (Å²) >= 11 is 11.6. The fourth-order valence-corrected chi connectivity index (χ4v) is 1.92. The molecule has 108 valence electrons. The van der Waals surface area contributed by atoms with Gasteiger partial charge < -0.3 is 10.6 Å². The molecule has 0 atom stereocenters. The van der Waals surface area contributed by atoms with Gasteiger partial charge in [0, 0.05) is 11.3 Å². The van der Waals surface area contributed by atoms with Gasteiger partial charge in [0.1, 0.15) is 12.0 Å². The van der Waals surface area contributed by atoms with Gasteiger partial charge in [0.05, 0.1) is 0 Å². The van der Waals surface area contributed by atoms with Gasteiger partial charge in [-0.2, -0.15) is 0 Å². The standard InChI is InChI=1S/C13H10Cl2N4O2/c1-7(20)8-2-4-9(5-3-8)18-13(21)19-10-11(14)16-6-17-12(10)15/h2-6H,1H3,(H2,18,19,21). The van der Waals surface area contributed by atoms with Gasteiger partial charge in [-0.3, -0.25) is 4.79 Å². The maximum Gasteiger partial charge on any atom is 0.323 e. The van der Waals surface area contributed by atoms with Crippen molar-refractivity contribution < 1.29 is 9.59 Å². The fourth-order valence-electron chi connectivity index (χ4n) is 1.51.